The molecule has 0 aliphatic rings. The monoisotopic (exact) mass is 245 g/mol. The second kappa shape index (κ2) is 4.30. The average Bonchev–Trinajstić information content (AvgIpc) is 2.55. The molecule has 0 bridgehead atoms. The molecule has 0 radical (unpaired) electrons. The normalized spacial score (nSPS) is 12.6. The third-order valence-electron chi connectivity index (χ3n) is 4.06. The van der Waals surface area contributed by atoms with E-state index >= 15 is 0 Å². The van der Waals surface area contributed by atoms with Crippen LogP contribution in [0.5, 0.6) is 0 Å². The van der Waals surface area contributed by atoms with Crippen LogP contribution in [0.15, 0.2) is 18.2 Å². The third kappa shape index (κ3) is 2.22. The van der Waals surface area contributed by atoms with Crippen LogP contribution in [0, 0.1) is 18.3 Å². The van der Waals surface area contributed by atoms with Crippen molar-refractivity contribution in [2.45, 2.75) is 41.2 Å². The number of aromatic nitrogens is 2. The highest BCUT2D eigenvalue weighted by Gasteiger charge is 2.24. The first-order valence-corrected chi connectivity index (χ1v) is 6.53. The van der Waals surface area contributed by atoms with Crippen molar-refractivity contribution in [1.82, 2.24) is 9.55 Å². The lowest BCUT2D eigenvalue weighted by molar-refractivity contribution is 0.214. The van der Waals surface area contributed by atoms with E-state index in [0.29, 0.717) is 11.9 Å². The summed E-state index contributed by atoms with van der Waals surface area (Å²) in [4.78, 5) is 4.44. The first-order chi connectivity index (χ1) is 8.31. The van der Waals surface area contributed by atoms with Gasteiger partial charge in [-0.3, -0.25) is 0 Å². The Balaban J connectivity index is 2.50. The first kappa shape index (κ1) is 12.9. The highest BCUT2D eigenvalue weighted by Crippen LogP contribution is 2.31. The highest BCUT2D eigenvalue weighted by molar-refractivity contribution is 5.79. The second-order valence-corrected chi connectivity index (χ2v) is 6.19. The number of rotatable bonds is 3. The topological polar surface area (TPSA) is 43.8 Å². The van der Waals surface area contributed by atoms with Crippen LogP contribution in [0.4, 0.5) is 5.95 Å². The lowest BCUT2D eigenvalue weighted by Gasteiger charge is -2.30. The van der Waals surface area contributed by atoms with Crippen molar-refractivity contribution in [3.63, 3.8) is 0 Å². The Morgan fingerprint density at radius 1 is 1.33 bits per heavy atom. The fourth-order valence-electron chi connectivity index (χ4n) is 2.01. The summed E-state index contributed by atoms with van der Waals surface area (Å²) in [6, 6.07) is 6.28. The molecule has 0 aliphatic carbocycles. The summed E-state index contributed by atoms with van der Waals surface area (Å²) in [6.07, 6.45) is 0. The molecule has 3 heteroatoms. The van der Waals surface area contributed by atoms with Crippen LogP contribution in [-0.2, 0) is 6.54 Å². The zero-order chi connectivity index (χ0) is 13.5. The second-order valence-electron chi connectivity index (χ2n) is 6.19. The zero-order valence-electron chi connectivity index (χ0n) is 12.0. The van der Waals surface area contributed by atoms with E-state index in [4.69, 9.17) is 5.73 Å². The maximum atomic E-state index is 6.06. The van der Waals surface area contributed by atoms with Gasteiger partial charge in [0.05, 0.1) is 11.0 Å². The lowest BCUT2D eigenvalue weighted by atomic mass is 9.81. The minimum Gasteiger partial charge on any atom is -0.369 e. The van der Waals surface area contributed by atoms with E-state index in [1.54, 1.807) is 0 Å². The van der Waals surface area contributed by atoms with Crippen LogP contribution in [0.2, 0.25) is 0 Å². The van der Waals surface area contributed by atoms with Gasteiger partial charge in [0.15, 0.2) is 0 Å². The number of hydrogen-bond acceptors (Lipinski definition) is 2. The van der Waals surface area contributed by atoms with Crippen LogP contribution in [0.3, 0.4) is 0 Å². The van der Waals surface area contributed by atoms with E-state index < -0.39 is 0 Å². The lowest BCUT2D eigenvalue weighted by Crippen LogP contribution is -2.26. The van der Waals surface area contributed by atoms with Gasteiger partial charge in [0.1, 0.15) is 0 Å². The molecule has 2 rings (SSSR count). The quantitative estimate of drug-likeness (QED) is 0.897. The van der Waals surface area contributed by atoms with Gasteiger partial charge in [0.2, 0.25) is 5.95 Å². The standard InChI is InChI=1S/C15H23N3/c1-10(2)15(4,5)9-18-13-8-11(3)6-7-12(13)17-14(18)16/h6-8,10H,9H2,1-5H3,(H2,16,17). The predicted octanol–water partition coefficient (Wildman–Crippen LogP) is 3.61. The van der Waals surface area contributed by atoms with Crippen LogP contribution in [-0.4, -0.2) is 9.55 Å². The van der Waals surface area contributed by atoms with E-state index in [9.17, 15) is 0 Å². The Hall–Kier alpha value is -1.51. The summed E-state index contributed by atoms with van der Waals surface area (Å²) in [5, 5.41) is 0. The Morgan fingerprint density at radius 2 is 2.00 bits per heavy atom. The molecule has 0 fully saturated rings. The fourth-order valence-corrected chi connectivity index (χ4v) is 2.01. The highest BCUT2D eigenvalue weighted by atomic mass is 15.2. The summed E-state index contributed by atoms with van der Waals surface area (Å²) in [7, 11) is 0. The summed E-state index contributed by atoms with van der Waals surface area (Å²) >= 11 is 0. The van der Waals surface area contributed by atoms with Crippen LogP contribution in [0.25, 0.3) is 11.0 Å². The minimum atomic E-state index is 0.200. The molecule has 0 atom stereocenters. The molecule has 0 spiro atoms. The molecule has 1 heterocycles. The Labute approximate surface area is 109 Å². The van der Waals surface area contributed by atoms with Crippen molar-refractivity contribution in [2.75, 3.05) is 5.73 Å². The smallest absolute Gasteiger partial charge is 0.201 e. The zero-order valence-corrected chi connectivity index (χ0v) is 12.0. The third-order valence-corrected chi connectivity index (χ3v) is 4.06. The number of hydrogen-bond donors (Lipinski definition) is 1. The molecule has 18 heavy (non-hydrogen) atoms. The van der Waals surface area contributed by atoms with Crippen molar-refractivity contribution >= 4 is 17.0 Å². The van der Waals surface area contributed by atoms with E-state index in [2.05, 4.69) is 56.3 Å². The van der Waals surface area contributed by atoms with Crippen LogP contribution < -0.4 is 5.73 Å². The summed E-state index contributed by atoms with van der Waals surface area (Å²) in [6.45, 7) is 12.1. The van der Waals surface area contributed by atoms with Crippen molar-refractivity contribution < 1.29 is 0 Å². The molecule has 1 aromatic heterocycles. The number of imidazole rings is 1. The molecule has 0 amide bonds. The molecule has 0 unspecified atom stereocenters. The number of nitrogen functional groups attached to an aromatic ring is 1. The summed E-state index contributed by atoms with van der Waals surface area (Å²) in [5.74, 6) is 1.21. The number of anilines is 1. The molecular formula is C15H23N3. The van der Waals surface area contributed by atoms with Crippen LogP contribution >= 0.6 is 0 Å². The van der Waals surface area contributed by atoms with Gasteiger partial charge in [-0.15, -0.1) is 0 Å². The first-order valence-electron chi connectivity index (χ1n) is 6.53. The van der Waals surface area contributed by atoms with Crippen molar-refractivity contribution in [1.29, 1.82) is 0 Å². The summed E-state index contributed by atoms with van der Waals surface area (Å²) < 4.78 is 2.14. The number of fused-ring (bicyclic) bond motifs is 1. The predicted molar refractivity (Wildman–Crippen MR) is 77.5 cm³/mol. The Morgan fingerprint density at radius 3 is 2.61 bits per heavy atom. The fraction of sp³-hybridized carbons (Fsp3) is 0.533. The Bertz CT molecular complexity index is 564. The van der Waals surface area contributed by atoms with Gasteiger partial charge in [-0.1, -0.05) is 33.8 Å². The largest absolute Gasteiger partial charge is 0.369 e. The molecule has 0 aliphatic heterocycles. The van der Waals surface area contributed by atoms with Crippen molar-refractivity contribution in [2.24, 2.45) is 11.3 Å². The van der Waals surface area contributed by atoms with Crippen LogP contribution in [0.1, 0.15) is 33.3 Å². The van der Waals surface area contributed by atoms with E-state index in [0.717, 1.165) is 17.6 Å². The van der Waals surface area contributed by atoms with Gasteiger partial charge in [0.25, 0.3) is 0 Å². The average molecular weight is 245 g/mol. The SMILES string of the molecule is Cc1ccc2nc(N)n(CC(C)(C)C(C)C)c2c1. The number of benzene rings is 1. The molecule has 1 aromatic carbocycles. The van der Waals surface area contributed by atoms with E-state index in [-0.39, 0.29) is 5.41 Å². The van der Waals surface area contributed by atoms with Gasteiger partial charge < -0.3 is 10.3 Å². The molecular weight excluding hydrogens is 222 g/mol. The molecule has 3 nitrogen and oxygen atoms in total. The minimum absolute atomic E-state index is 0.200. The maximum Gasteiger partial charge on any atom is 0.201 e. The molecule has 2 aromatic rings. The number of nitrogens with zero attached hydrogens (tertiary/aromatic N) is 2. The Kier molecular flexibility index (Phi) is 3.09. The molecule has 98 valence electrons. The van der Waals surface area contributed by atoms with Gasteiger partial charge in [-0.2, -0.15) is 0 Å². The van der Waals surface area contributed by atoms with Crippen molar-refractivity contribution in [3.8, 4) is 0 Å². The summed E-state index contributed by atoms with van der Waals surface area (Å²) in [5.41, 5.74) is 9.63. The maximum absolute atomic E-state index is 6.06. The molecule has 0 saturated carbocycles. The molecule has 2 N–H and O–H groups in total. The van der Waals surface area contributed by atoms with Gasteiger partial charge in [-0.05, 0) is 36.0 Å². The van der Waals surface area contributed by atoms with Gasteiger partial charge in [0, 0.05) is 6.54 Å². The van der Waals surface area contributed by atoms with Crippen molar-refractivity contribution in [3.05, 3.63) is 23.8 Å². The van der Waals surface area contributed by atoms with Gasteiger partial charge in [-0.25, -0.2) is 4.98 Å². The van der Waals surface area contributed by atoms with E-state index in [1.165, 1.54) is 5.56 Å². The number of nitrogens with two attached hydrogens (primary N) is 1. The molecule has 0 saturated heterocycles. The van der Waals surface area contributed by atoms with E-state index in [1.807, 2.05) is 6.07 Å². The number of aryl methyl sites for hydroxylation is 1. The van der Waals surface area contributed by atoms with Gasteiger partial charge >= 0.3 is 0 Å².